The van der Waals surface area contributed by atoms with Crippen LogP contribution < -0.4 is 9.47 Å². The highest BCUT2D eigenvalue weighted by Gasteiger charge is 2.55. The van der Waals surface area contributed by atoms with E-state index in [1.165, 1.54) is 13.4 Å². The Morgan fingerprint density at radius 1 is 1.22 bits per heavy atom. The summed E-state index contributed by atoms with van der Waals surface area (Å²) in [5.41, 5.74) is -0.846. The number of carbonyl (C=O) groups is 2. The zero-order valence-corrected chi connectivity index (χ0v) is 18.0. The SMILES string of the molecule is COc1cc2ncnc(Cl)c2cc1OC1CCC2(CC1)C(=O)CCCN2C(=O)C(F)(F)F. The molecule has 1 aromatic carbocycles. The van der Waals surface area contributed by atoms with E-state index in [0.29, 0.717) is 35.2 Å². The van der Waals surface area contributed by atoms with Crippen LogP contribution in [-0.2, 0) is 9.59 Å². The minimum Gasteiger partial charge on any atom is -0.493 e. The van der Waals surface area contributed by atoms with E-state index in [0.717, 1.165) is 4.90 Å². The number of aromatic nitrogens is 2. The molecule has 172 valence electrons. The number of hydrogen-bond acceptors (Lipinski definition) is 6. The summed E-state index contributed by atoms with van der Waals surface area (Å²) >= 11 is 6.15. The first kappa shape index (κ1) is 22.6. The van der Waals surface area contributed by atoms with Gasteiger partial charge in [-0.1, -0.05) is 11.6 Å². The second-order valence-electron chi connectivity index (χ2n) is 8.01. The lowest BCUT2D eigenvalue weighted by Gasteiger charge is -2.49. The van der Waals surface area contributed by atoms with Crippen LogP contribution >= 0.6 is 11.6 Å². The van der Waals surface area contributed by atoms with Crippen LogP contribution in [0, 0.1) is 0 Å². The van der Waals surface area contributed by atoms with Crippen LogP contribution in [-0.4, -0.2) is 58.0 Å². The van der Waals surface area contributed by atoms with Crippen LogP contribution in [0.15, 0.2) is 18.5 Å². The van der Waals surface area contributed by atoms with Crippen molar-refractivity contribution in [3.8, 4) is 11.5 Å². The summed E-state index contributed by atoms with van der Waals surface area (Å²) in [5, 5.41) is 0.820. The molecule has 32 heavy (non-hydrogen) atoms. The Bertz CT molecular complexity index is 1050. The molecule has 7 nitrogen and oxygen atoms in total. The number of benzene rings is 1. The molecule has 1 aliphatic carbocycles. The number of hydrogen-bond donors (Lipinski definition) is 0. The van der Waals surface area contributed by atoms with Gasteiger partial charge >= 0.3 is 12.1 Å². The molecule has 0 radical (unpaired) electrons. The smallest absolute Gasteiger partial charge is 0.471 e. The lowest BCUT2D eigenvalue weighted by molar-refractivity contribution is -0.196. The largest absolute Gasteiger partial charge is 0.493 e. The zero-order valence-electron chi connectivity index (χ0n) is 17.2. The molecule has 0 bridgehead atoms. The number of amides is 1. The van der Waals surface area contributed by atoms with Crippen molar-refractivity contribution in [1.29, 1.82) is 0 Å². The quantitative estimate of drug-likeness (QED) is 0.627. The molecule has 2 heterocycles. The van der Waals surface area contributed by atoms with Gasteiger partial charge in [0.25, 0.3) is 0 Å². The van der Waals surface area contributed by atoms with Crippen LogP contribution in [0.5, 0.6) is 11.5 Å². The molecule has 1 aliphatic heterocycles. The molecule has 0 atom stereocenters. The highest BCUT2D eigenvalue weighted by molar-refractivity contribution is 6.34. The third kappa shape index (κ3) is 3.96. The fourth-order valence-corrected chi connectivity index (χ4v) is 4.84. The second kappa shape index (κ2) is 8.38. The van der Waals surface area contributed by atoms with Crippen LogP contribution in [0.25, 0.3) is 10.9 Å². The van der Waals surface area contributed by atoms with Crippen molar-refractivity contribution in [1.82, 2.24) is 14.9 Å². The molecule has 2 aliphatic rings. The predicted octanol–water partition coefficient (Wildman–Crippen LogP) is 4.11. The topological polar surface area (TPSA) is 81.6 Å². The van der Waals surface area contributed by atoms with Crippen LogP contribution in [0.4, 0.5) is 13.2 Å². The van der Waals surface area contributed by atoms with E-state index in [4.69, 9.17) is 21.1 Å². The third-order valence-electron chi connectivity index (χ3n) is 6.23. The summed E-state index contributed by atoms with van der Waals surface area (Å²) in [5.74, 6) is -1.44. The van der Waals surface area contributed by atoms with Gasteiger partial charge in [0.05, 0.1) is 18.7 Å². The standard InChI is InChI=1S/C21H21ClF3N3O4/c1-31-15-10-14-13(18(22)27-11-26-14)9-16(15)32-12-4-6-20(7-5-12)17(29)3-2-8-28(20)19(30)21(23,24)25/h9-12H,2-8H2,1H3. The zero-order chi connectivity index (χ0) is 23.1. The van der Waals surface area contributed by atoms with E-state index in [2.05, 4.69) is 9.97 Å². The number of halogens is 4. The van der Waals surface area contributed by atoms with Crippen molar-refractivity contribution < 1.29 is 32.2 Å². The predicted molar refractivity (Wildman–Crippen MR) is 109 cm³/mol. The van der Waals surface area contributed by atoms with Crippen molar-refractivity contribution in [3.05, 3.63) is 23.6 Å². The number of piperidine rings is 1. The molecule has 2 fully saturated rings. The summed E-state index contributed by atoms with van der Waals surface area (Å²) in [6.07, 6.45) is -2.80. The molecule has 1 saturated heterocycles. The fourth-order valence-electron chi connectivity index (χ4n) is 4.64. The normalized spacial score (nSPS) is 24.1. The number of alkyl halides is 3. The Hall–Kier alpha value is -2.62. The van der Waals surface area contributed by atoms with E-state index in [-0.39, 0.29) is 49.3 Å². The van der Waals surface area contributed by atoms with Crippen LogP contribution in [0.2, 0.25) is 5.15 Å². The molecule has 1 spiro atoms. The molecule has 1 saturated carbocycles. The van der Waals surface area contributed by atoms with E-state index in [1.807, 2.05) is 0 Å². The first-order chi connectivity index (χ1) is 15.2. The maximum absolute atomic E-state index is 13.1. The van der Waals surface area contributed by atoms with Gasteiger partial charge in [0.2, 0.25) is 0 Å². The molecular weight excluding hydrogens is 451 g/mol. The number of Topliss-reactive ketones (excluding diaryl/α,β-unsaturated/α-hetero) is 1. The summed E-state index contributed by atoms with van der Waals surface area (Å²) in [4.78, 5) is 33.6. The van der Waals surface area contributed by atoms with E-state index < -0.39 is 17.6 Å². The van der Waals surface area contributed by atoms with E-state index in [1.54, 1.807) is 12.1 Å². The van der Waals surface area contributed by atoms with Gasteiger partial charge in [-0.3, -0.25) is 9.59 Å². The minimum atomic E-state index is -5.02. The first-order valence-electron chi connectivity index (χ1n) is 10.2. The Morgan fingerprint density at radius 3 is 2.59 bits per heavy atom. The monoisotopic (exact) mass is 471 g/mol. The molecule has 11 heteroatoms. The van der Waals surface area contributed by atoms with Gasteiger partial charge in [0.1, 0.15) is 17.0 Å². The number of rotatable bonds is 3. The summed E-state index contributed by atoms with van der Waals surface area (Å²) in [6.45, 7) is -0.0768. The summed E-state index contributed by atoms with van der Waals surface area (Å²) in [6, 6.07) is 3.32. The van der Waals surface area contributed by atoms with Gasteiger partial charge < -0.3 is 14.4 Å². The molecule has 0 unspecified atom stereocenters. The Labute approximate surface area is 186 Å². The molecule has 4 rings (SSSR count). The Morgan fingerprint density at radius 2 is 1.94 bits per heavy atom. The van der Waals surface area contributed by atoms with Crippen molar-refractivity contribution in [2.24, 2.45) is 0 Å². The fraction of sp³-hybridized carbons (Fsp3) is 0.524. The van der Waals surface area contributed by atoms with Crippen molar-refractivity contribution >= 4 is 34.2 Å². The molecule has 1 aromatic heterocycles. The number of fused-ring (bicyclic) bond motifs is 1. The van der Waals surface area contributed by atoms with Crippen LogP contribution in [0.1, 0.15) is 38.5 Å². The van der Waals surface area contributed by atoms with Gasteiger partial charge in [0.15, 0.2) is 17.3 Å². The summed E-state index contributed by atoms with van der Waals surface area (Å²) in [7, 11) is 1.48. The average Bonchev–Trinajstić information content (AvgIpc) is 2.76. The van der Waals surface area contributed by atoms with Gasteiger partial charge in [0, 0.05) is 24.4 Å². The Kier molecular flexibility index (Phi) is 5.91. The van der Waals surface area contributed by atoms with Gasteiger partial charge in [-0.2, -0.15) is 13.2 Å². The number of ether oxygens (including phenoxy) is 2. The Balaban J connectivity index is 1.55. The van der Waals surface area contributed by atoms with Crippen molar-refractivity contribution in [2.45, 2.75) is 56.3 Å². The number of ketones is 1. The maximum atomic E-state index is 13.1. The third-order valence-corrected chi connectivity index (χ3v) is 6.54. The molecule has 2 aromatic rings. The average molecular weight is 472 g/mol. The highest BCUT2D eigenvalue weighted by atomic mass is 35.5. The minimum absolute atomic E-state index is 0.0768. The van der Waals surface area contributed by atoms with Gasteiger partial charge in [-0.15, -0.1) is 0 Å². The number of likely N-dealkylation sites (tertiary alicyclic amines) is 1. The maximum Gasteiger partial charge on any atom is 0.471 e. The lowest BCUT2D eigenvalue weighted by atomic mass is 9.73. The second-order valence-corrected chi connectivity index (χ2v) is 8.37. The summed E-state index contributed by atoms with van der Waals surface area (Å²) < 4.78 is 50.9. The first-order valence-corrected chi connectivity index (χ1v) is 10.6. The number of methoxy groups -OCH3 is 1. The van der Waals surface area contributed by atoms with Gasteiger partial charge in [-0.05, 0) is 38.2 Å². The number of nitrogens with zero attached hydrogens (tertiary/aromatic N) is 3. The highest BCUT2D eigenvalue weighted by Crippen LogP contribution is 2.43. The van der Waals surface area contributed by atoms with E-state index in [9.17, 15) is 22.8 Å². The molecule has 1 amide bonds. The van der Waals surface area contributed by atoms with Gasteiger partial charge in [-0.25, -0.2) is 9.97 Å². The molecule has 0 N–H and O–H groups in total. The lowest BCUT2D eigenvalue weighted by Crippen LogP contribution is -2.64. The van der Waals surface area contributed by atoms with Crippen molar-refractivity contribution in [3.63, 3.8) is 0 Å². The molecular formula is C21H21ClF3N3O4. The van der Waals surface area contributed by atoms with Crippen LogP contribution in [0.3, 0.4) is 0 Å². The van der Waals surface area contributed by atoms with Crippen molar-refractivity contribution in [2.75, 3.05) is 13.7 Å². The van der Waals surface area contributed by atoms with E-state index >= 15 is 0 Å². The number of carbonyl (C=O) groups excluding carboxylic acids is 2.